The van der Waals surface area contributed by atoms with Gasteiger partial charge in [0.2, 0.25) is 5.91 Å². The van der Waals surface area contributed by atoms with Crippen LogP contribution in [0.2, 0.25) is 0 Å². The average molecular weight is 484 g/mol. The number of hydrogen-bond donors (Lipinski definition) is 0. The number of benzene rings is 2. The minimum atomic E-state index is -0.0392. The lowest BCUT2D eigenvalue weighted by atomic mass is 10.1. The zero-order valence-electron chi connectivity index (χ0n) is 19.4. The van der Waals surface area contributed by atoms with Crippen LogP contribution in [0.5, 0.6) is 10.9 Å². The number of pyridine rings is 1. The van der Waals surface area contributed by atoms with Gasteiger partial charge < -0.3 is 9.64 Å². The Bertz CT molecular complexity index is 1280. The Labute approximate surface area is 208 Å². The highest BCUT2D eigenvalue weighted by molar-refractivity contribution is 7.07. The number of aryl methyl sites for hydroxylation is 1. The minimum Gasteiger partial charge on any atom is -0.430 e. The number of nitriles is 1. The summed E-state index contributed by atoms with van der Waals surface area (Å²) < 4.78 is 10.3. The van der Waals surface area contributed by atoms with E-state index in [1.54, 1.807) is 17.3 Å². The summed E-state index contributed by atoms with van der Waals surface area (Å²) in [5.74, 6) is 1.32. The van der Waals surface area contributed by atoms with Crippen LogP contribution < -0.4 is 4.74 Å². The second-order valence-corrected chi connectivity index (χ2v) is 8.86. The van der Waals surface area contributed by atoms with Gasteiger partial charge in [0.15, 0.2) is 5.82 Å². The standard InChI is InChI=1S/C27H25N5O2S/c1-20-5-7-21(8-6-20)16-25-30-27(35-31-25)34-24-11-9-22(10-12-24)17-26(33)32(15-3-13-28)19-23-4-2-14-29-18-23/h2,4-12,14,18H,3,15-17,19H2,1H3. The molecule has 2 aromatic carbocycles. The van der Waals surface area contributed by atoms with E-state index in [0.29, 0.717) is 30.5 Å². The van der Waals surface area contributed by atoms with Crippen molar-refractivity contribution in [2.24, 2.45) is 0 Å². The van der Waals surface area contributed by atoms with E-state index in [-0.39, 0.29) is 18.7 Å². The summed E-state index contributed by atoms with van der Waals surface area (Å²) in [5.41, 5.74) is 4.17. The average Bonchev–Trinajstić information content (AvgIpc) is 3.31. The van der Waals surface area contributed by atoms with Crippen LogP contribution in [0.3, 0.4) is 0 Å². The summed E-state index contributed by atoms with van der Waals surface area (Å²) in [4.78, 5) is 23.2. The van der Waals surface area contributed by atoms with Crippen LogP contribution in [0.1, 0.15) is 34.5 Å². The molecule has 0 aliphatic carbocycles. The third-order valence-electron chi connectivity index (χ3n) is 5.36. The molecule has 1 amide bonds. The van der Waals surface area contributed by atoms with Crippen molar-refractivity contribution in [3.63, 3.8) is 0 Å². The topological polar surface area (TPSA) is 92.0 Å². The first-order chi connectivity index (χ1) is 17.1. The molecule has 7 nitrogen and oxygen atoms in total. The van der Waals surface area contributed by atoms with Gasteiger partial charge in [0.1, 0.15) is 5.75 Å². The van der Waals surface area contributed by atoms with Gasteiger partial charge in [-0.05, 0) is 41.8 Å². The van der Waals surface area contributed by atoms with Crippen molar-refractivity contribution in [2.75, 3.05) is 6.54 Å². The molecule has 0 unspecified atom stereocenters. The third-order valence-corrected chi connectivity index (χ3v) is 5.99. The van der Waals surface area contributed by atoms with Crippen molar-refractivity contribution in [3.8, 4) is 17.0 Å². The van der Waals surface area contributed by atoms with E-state index >= 15 is 0 Å². The maximum Gasteiger partial charge on any atom is 0.298 e. The van der Waals surface area contributed by atoms with E-state index in [1.165, 1.54) is 17.1 Å². The van der Waals surface area contributed by atoms with Gasteiger partial charge in [-0.3, -0.25) is 9.78 Å². The van der Waals surface area contributed by atoms with E-state index in [0.717, 1.165) is 22.5 Å². The Morgan fingerprint density at radius 3 is 2.54 bits per heavy atom. The van der Waals surface area contributed by atoms with Crippen LogP contribution in [0, 0.1) is 18.3 Å². The lowest BCUT2D eigenvalue weighted by Crippen LogP contribution is -2.32. The highest BCUT2D eigenvalue weighted by Gasteiger charge is 2.15. The van der Waals surface area contributed by atoms with E-state index in [2.05, 4.69) is 51.6 Å². The molecule has 8 heteroatoms. The van der Waals surface area contributed by atoms with Gasteiger partial charge in [-0.15, -0.1) is 0 Å². The number of hydrogen-bond acceptors (Lipinski definition) is 7. The smallest absolute Gasteiger partial charge is 0.298 e. The molecule has 0 atom stereocenters. The van der Waals surface area contributed by atoms with Crippen LogP contribution in [0.15, 0.2) is 73.1 Å². The van der Waals surface area contributed by atoms with Gasteiger partial charge >= 0.3 is 0 Å². The number of rotatable bonds is 10. The van der Waals surface area contributed by atoms with Crippen molar-refractivity contribution in [1.82, 2.24) is 19.2 Å². The summed E-state index contributed by atoms with van der Waals surface area (Å²) >= 11 is 1.22. The molecule has 176 valence electrons. The molecule has 0 bridgehead atoms. The van der Waals surface area contributed by atoms with Crippen LogP contribution in [0.25, 0.3) is 0 Å². The largest absolute Gasteiger partial charge is 0.430 e. The summed E-state index contributed by atoms with van der Waals surface area (Å²) in [6.07, 6.45) is 4.61. The zero-order valence-corrected chi connectivity index (χ0v) is 20.2. The highest BCUT2D eigenvalue weighted by Crippen LogP contribution is 2.24. The molecule has 4 rings (SSSR count). The summed E-state index contributed by atoms with van der Waals surface area (Å²) in [6.45, 7) is 2.87. The Hall–Kier alpha value is -4.09. The normalized spacial score (nSPS) is 10.5. The molecule has 0 fully saturated rings. The molecule has 0 aliphatic rings. The van der Waals surface area contributed by atoms with Crippen molar-refractivity contribution >= 4 is 17.4 Å². The van der Waals surface area contributed by atoms with Crippen molar-refractivity contribution < 1.29 is 9.53 Å². The van der Waals surface area contributed by atoms with E-state index in [4.69, 9.17) is 10.00 Å². The maximum atomic E-state index is 12.9. The molecule has 0 spiro atoms. The Morgan fingerprint density at radius 2 is 1.83 bits per heavy atom. The van der Waals surface area contributed by atoms with Gasteiger partial charge in [0, 0.05) is 43.4 Å². The third kappa shape index (κ3) is 7.19. The molecule has 0 saturated carbocycles. The first kappa shape index (κ1) is 24.0. The van der Waals surface area contributed by atoms with Crippen molar-refractivity contribution in [2.45, 2.75) is 32.7 Å². The maximum absolute atomic E-state index is 12.9. The zero-order chi connectivity index (χ0) is 24.5. The molecule has 0 saturated heterocycles. The second kappa shape index (κ2) is 11.9. The molecule has 0 radical (unpaired) electrons. The number of carbonyl (C=O) groups is 1. The molecule has 0 aliphatic heterocycles. The number of carbonyl (C=O) groups excluding carboxylic acids is 1. The van der Waals surface area contributed by atoms with Crippen LogP contribution >= 0.6 is 11.5 Å². The summed E-state index contributed by atoms with van der Waals surface area (Å²) in [7, 11) is 0. The fourth-order valence-corrected chi connectivity index (χ4v) is 4.06. The molecule has 2 heterocycles. The fourth-order valence-electron chi connectivity index (χ4n) is 3.49. The molecule has 4 aromatic rings. The molecular weight excluding hydrogens is 458 g/mol. The Balaban J connectivity index is 1.34. The van der Waals surface area contributed by atoms with Crippen LogP contribution in [-0.4, -0.2) is 31.7 Å². The summed E-state index contributed by atoms with van der Waals surface area (Å²) in [5, 5.41) is 9.45. The van der Waals surface area contributed by atoms with Crippen LogP contribution in [0.4, 0.5) is 0 Å². The van der Waals surface area contributed by atoms with E-state index < -0.39 is 0 Å². The van der Waals surface area contributed by atoms with Crippen LogP contribution in [-0.2, 0) is 24.2 Å². The molecule has 35 heavy (non-hydrogen) atoms. The minimum absolute atomic E-state index is 0.0392. The van der Waals surface area contributed by atoms with Crippen molar-refractivity contribution in [1.29, 1.82) is 5.26 Å². The van der Waals surface area contributed by atoms with Gasteiger partial charge in [0.25, 0.3) is 5.19 Å². The SMILES string of the molecule is Cc1ccc(Cc2nsc(Oc3ccc(CC(=O)N(CCC#N)Cc4cccnc4)cc3)n2)cc1. The lowest BCUT2D eigenvalue weighted by Gasteiger charge is -2.21. The predicted octanol–water partition coefficient (Wildman–Crippen LogP) is 5.11. The first-order valence-corrected chi connectivity index (χ1v) is 12.0. The van der Waals surface area contributed by atoms with E-state index in [1.807, 2.05) is 36.4 Å². The Morgan fingerprint density at radius 1 is 1.06 bits per heavy atom. The van der Waals surface area contributed by atoms with Crippen molar-refractivity contribution in [3.05, 3.63) is 101 Å². The second-order valence-electron chi connectivity index (χ2n) is 8.15. The lowest BCUT2D eigenvalue weighted by molar-refractivity contribution is -0.131. The van der Waals surface area contributed by atoms with Gasteiger partial charge in [-0.25, -0.2) is 0 Å². The van der Waals surface area contributed by atoms with Gasteiger partial charge in [-0.2, -0.15) is 14.6 Å². The summed E-state index contributed by atoms with van der Waals surface area (Å²) in [6, 6.07) is 21.6. The highest BCUT2D eigenvalue weighted by atomic mass is 32.1. The van der Waals surface area contributed by atoms with Gasteiger partial charge in [-0.1, -0.05) is 48.0 Å². The number of nitrogens with zero attached hydrogens (tertiary/aromatic N) is 5. The number of ether oxygens (including phenoxy) is 1. The molecule has 0 N–H and O–H groups in total. The molecule has 2 aromatic heterocycles. The van der Waals surface area contributed by atoms with Gasteiger partial charge in [0.05, 0.1) is 18.9 Å². The number of amides is 1. The Kier molecular flexibility index (Phi) is 8.15. The van der Waals surface area contributed by atoms with E-state index in [9.17, 15) is 4.79 Å². The monoisotopic (exact) mass is 483 g/mol. The first-order valence-electron chi connectivity index (χ1n) is 11.3. The predicted molar refractivity (Wildman–Crippen MR) is 134 cm³/mol. The quantitative estimate of drug-likeness (QED) is 0.311. The molecular formula is C27H25N5O2S. The fraction of sp³-hybridized carbons (Fsp3) is 0.222. The number of aromatic nitrogens is 3.